The summed E-state index contributed by atoms with van der Waals surface area (Å²) in [4.78, 5) is 4.54. The molecule has 0 aliphatic carbocycles. The second-order valence-corrected chi connectivity index (χ2v) is 7.10. The van der Waals surface area contributed by atoms with Crippen LogP contribution in [-0.2, 0) is 6.54 Å². The molecule has 0 unspecified atom stereocenters. The number of rotatable bonds is 4. The Morgan fingerprint density at radius 2 is 1.85 bits per heavy atom. The number of nitrogens with zero attached hydrogens (tertiary/aromatic N) is 3. The normalized spacial score (nSPS) is 11.0. The summed E-state index contributed by atoms with van der Waals surface area (Å²) in [6, 6.07) is 18.4. The highest BCUT2D eigenvalue weighted by Crippen LogP contribution is 2.30. The molecule has 4 nitrogen and oxygen atoms in total. The number of fused-ring (bicyclic) bond motifs is 1. The van der Waals surface area contributed by atoms with Gasteiger partial charge in [-0.25, -0.2) is 0 Å². The maximum atomic E-state index is 5.24. The lowest BCUT2D eigenvalue weighted by molar-refractivity contribution is 0.414. The van der Waals surface area contributed by atoms with Crippen LogP contribution in [0.5, 0.6) is 5.75 Å². The van der Waals surface area contributed by atoms with Gasteiger partial charge in [0.1, 0.15) is 11.4 Å². The van der Waals surface area contributed by atoms with E-state index in [0.29, 0.717) is 6.54 Å². The van der Waals surface area contributed by atoms with Crippen molar-refractivity contribution in [2.45, 2.75) is 13.5 Å². The standard InChI is InChI=1S/C21H18BrN3O/c1-14-4-3-5-19-20(14)21(18-11-8-16(22)12-23-18)24-25(19)13-15-6-9-17(26-2)10-7-15/h3-12H,13H2,1-2H3. The zero-order chi connectivity index (χ0) is 18.1. The van der Waals surface area contributed by atoms with E-state index in [4.69, 9.17) is 9.84 Å². The fourth-order valence-electron chi connectivity index (χ4n) is 3.12. The van der Waals surface area contributed by atoms with Gasteiger partial charge < -0.3 is 4.74 Å². The molecule has 0 atom stereocenters. The van der Waals surface area contributed by atoms with Crippen molar-refractivity contribution in [3.05, 3.63) is 76.4 Å². The van der Waals surface area contributed by atoms with Crippen molar-refractivity contribution in [3.63, 3.8) is 0 Å². The zero-order valence-electron chi connectivity index (χ0n) is 14.6. The number of methoxy groups -OCH3 is 1. The average molecular weight is 408 g/mol. The lowest BCUT2D eigenvalue weighted by Crippen LogP contribution is -2.02. The van der Waals surface area contributed by atoms with Crippen molar-refractivity contribution in [2.24, 2.45) is 0 Å². The van der Waals surface area contributed by atoms with E-state index in [0.717, 1.165) is 32.5 Å². The molecule has 4 aromatic rings. The summed E-state index contributed by atoms with van der Waals surface area (Å²) in [5, 5.41) is 6.04. The van der Waals surface area contributed by atoms with E-state index < -0.39 is 0 Å². The van der Waals surface area contributed by atoms with Crippen LogP contribution in [-0.4, -0.2) is 21.9 Å². The zero-order valence-corrected chi connectivity index (χ0v) is 16.2. The molecule has 0 bridgehead atoms. The minimum absolute atomic E-state index is 0.695. The number of hydrogen-bond donors (Lipinski definition) is 0. The van der Waals surface area contributed by atoms with E-state index >= 15 is 0 Å². The molecule has 0 aliphatic rings. The number of hydrogen-bond acceptors (Lipinski definition) is 3. The molecular weight excluding hydrogens is 390 g/mol. The van der Waals surface area contributed by atoms with Gasteiger partial charge in [-0.3, -0.25) is 9.67 Å². The maximum Gasteiger partial charge on any atom is 0.119 e. The van der Waals surface area contributed by atoms with Gasteiger partial charge in [0.2, 0.25) is 0 Å². The van der Waals surface area contributed by atoms with Gasteiger partial charge >= 0.3 is 0 Å². The van der Waals surface area contributed by atoms with Gasteiger partial charge in [0.05, 0.1) is 24.9 Å². The smallest absolute Gasteiger partial charge is 0.119 e. The minimum Gasteiger partial charge on any atom is -0.497 e. The summed E-state index contributed by atoms with van der Waals surface area (Å²) in [5.41, 5.74) is 5.27. The first kappa shape index (κ1) is 16.8. The topological polar surface area (TPSA) is 39.9 Å². The lowest BCUT2D eigenvalue weighted by atomic mass is 10.1. The number of pyridine rings is 1. The monoisotopic (exact) mass is 407 g/mol. The van der Waals surface area contributed by atoms with Gasteiger partial charge in [0.15, 0.2) is 0 Å². The Morgan fingerprint density at radius 3 is 2.54 bits per heavy atom. The summed E-state index contributed by atoms with van der Waals surface area (Å²) in [7, 11) is 1.68. The van der Waals surface area contributed by atoms with E-state index in [1.165, 1.54) is 11.1 Å². The van der Waals surface area contributed by atoms with Gasteiger partial charge in [0.25, 0.3) is 0 Å². The lowest BCUT2D eigenvalue weighted by Gasteiger charge is -2.05. The molecule has 0 radical (unpaired) electrons. The van der Waals surface area contributed by atoms with E-state index in [-0.39, 0.29) is 0 Å². The van der Waals surface area contributed by atoms with Crippen LogP contribution in [0.25, 0.3) is 22.3 Å². The van der Waals surface area contributed by atoms with E-state index in [1.54, 1.807) is 7.11 Å². The Bertz CT molecular complexity index is 1050. The Balaban J connectivity index is 1.82. The molecular formula is C21H18BrN3O. The number of benzene rings is 2. The average Bonchev–Trinajstić information content (AvgIpc) is 3.03. The molecule has 0 amide bonds. The third kappa shape index (κ3) is 3.10. The number of aromatic nitrogens is 3. The van der Waals surface area contributed by atoms with Crippen LogP contribution >= 0.6 is 15.9 Å². The molecule has 0 spiro atoms. The Labute approximate surface area is 160 Å². The summed E-state index contributed by atoms with van der Waals surface area (Å²) in [5.74, 6) is 0.856. The molecule has 2 aromatic heterocycles. The van der Waals surface area contributed by atoms with E-state index in [2.05, 4.69) is 58.2 Å². The number of aryl methyl sites for hydroxylation is 1. The van der Waals surface area contributed by atoms with Crippen LogP contribution in [0.3, 0.4) is 0 Å². The van der Waals surface area contributed by atoms with Crippen LogP contribution in [0.4, 0.5) is 0 Å². The summed E-state index contributed by atoms with van der Waals surface area (Å²) >= 11 is 3.45. The molecule has 0 aliphatic heterocycles. The van der Waals surface area contributed by atoms with Crippen LogP contribution in [0, 0.1) is 6.92 Å². The minimum atomic E-state index is 0.695. The van der Waals surface area contributed by atoms with E-state index in [9.17, 15) is 0 Å². The predicted molar refractivity (Wildman–Crippen MR) is 107 cm³/mol. The molecule has 0 saturated carbocycles. The molecule has 0 saturated heterocycles. The van der Waals surface area contributed by atoms with Crippen molar-refractivity contribution in [3.8, 4) is 17.1 Å². The van der Waals surface area contributed by atoms with Gasteiger partial charge in [-0.05, 0) is 64.3 Å². The Kier molecular flexibility index (Phi) is 4.47. The second kappa shape index (κ2) is 6.92. The first-order valence-electron chi connectivity index (χ1n) is 8.36. The van der Waals surface area contributed by atoms with Crippen molar-refractivity contribution < 1.29 is 4.74 Å². The van der Waals surface area contributed by atoms with Crippen molar-refractivity contribution in [2.75, 3.05) is 7.11 Å². The fraction of sp³-hybridized carbons (Fsp3) is 0.143. The second-order valence-electron chi connectivity index (χ2n) is 6.19. The van der Waals surface area contributed by atoms with Crippen molar-refractivity contribution in [1.29, 1.82) is 0 Å². The van der Waals surface area contributed by atoms with E-state index in [1.807, 2.05) is 35.1 Å². The molecule has 2 heterocycles. The molecule has 130 valence electrons. The van der Waals surface area contributed by atoms with Crippen LogP contribution in [0.1, 0.15) is 11.1 Å². The molecule has 2 aromatic carbocycles. The Morgan fingerprint density at radius 1 is 1.04 bits per heavy atom. The Hall–Kier alpha value is -2.66. The summed E-state index contributed by atoms with van der Waals surface area (Å²) in [6.07, 6.45) is 1.81. The molecule has 0 N–H and O–H groups in total. The quantitative estimate of drug-likeness (QED) is 0.465. The van der Waals surface area contributed by atoms with Gasteiger partial charge in [-0.15, -0.1) is 0 Å². The molecule has 5 heteroatoms. The molecule has 4 rings (SSSR count). The third-order valence-corrected chi connectivity index (χ3v) is 4.92. The van der Waals surface area contributed by atoms with Crippen LogP contribution in [0.15, 0.2) is 65.3 Å². The van der Waals surface area contributed by atoms with Crippen LogP contribution < -0.4 is 4.74 Å². The van der Waals surface area contributed by atoms with Crippen LogP contribution in [0.2, 0.25) is 0 Å². The summed E-state index contributed by atoms with van der Waals surface area (Å²) in [6.45, 7) is 2.81. The van der Waals surface area contributed by atoms with Crippen molar-refractivity contribution in [1.82, 2.24) is 14.8 Å². The third-order valence-electron chi connectivity index (χ3n) is 4.45. The highest BCUT2D eigenvalue weighted by atomic mass is 79.9. The first-order valence-corrected chi connectivity index (χ1v) is 9.16. The van der Waals surface area contributed by atoms with Gasteiger partial charge in [-0.2, -0.15) is 5.10 Å². The number of ether oxygens (including phenoxy) is 1. The van der Waals surface area contributed by atoms with Crippen molar-refractivity contribution >= 4 is 26.8 Å². The first-order chi connectivity index (χ1) is 12.7. The maximum absolute atomic E-state index is 5.24. The highest BCUT2D eigenvalue weighted by molar-refractivity contribution is 9.10. The SMILES string of the molecule is COc1ccc(Cn2nc(-c3ccc(Br)cn3)c3c(C)cccc32)cc1. The van der Waals surface area contributed by atoms with Gasteiger partial charge in [-0.1, -0.05) is 24.3 Å². The predicted octanol–water partition coefficient (Wildman–Crippen LogP) is 5.23. The largest absolute Gasteiger partial charge is 0.497 e. The molecule has 0 fully saturated rings. The summed E-state index contributed by atoms with van der Waals surface area (Å²) < 4.78 is 8.25. The number of halogens is 1. The highest BCUT2D eigenvalue weighted by Gasteiger charge is 2.15. The fourth-order valence-corrected chi connectivity index (χ4v) is 3.35. The van der Waals surface area contributed by atoms with Gasteiger partial charge in [0, 0.05) is 16.1 Å². The molecule has 26 heavy (non-hydrogen) atoms.